The smallest absolute Gasteiger partial charge is 0.433 e. The van der Waals surface area contributed by atoms with E-state index in [4.69, 9.17) is 4.74 Å². The van der Waals surface area contributed by atoms with E-state index < -0.39 is 11.9 Å². The number of hydrogen-bond donors (Lipinski definition) is 2. The van der Waals surface area contributed by atoms with E-state index in [0.717, 1.165) is 51.4 Å². The number of pyridine rings is 1. The average Bonchev–Trinajstić information content (AvgIpc) is 3.02. The molecule has 2 aliphatic rings. The molecule has 0 spiro atoms. The van der Waals surface area contributed by atoms with Gasteiger partial charge in [0.05, 0.1) is 6.61 Å². The average molecular weight is 359 g/mol. The number of likely N-dealkylation sites (tertiary alicyclic amines) is 1. The zero-order valence-corrected chi connectivity index (χ0v) is 14.1. The van der Waals surface area contributed by atoms with Crippen molar-refractivity contribution in [3.8, 4) is 5.88 Å². The molecule has 2 fully saturated rings. The molecule has 3 heterocycles. The van der Waals surface area contributed by atoms with Crippen LogP contribution in [0.4, 0.5) is 13.2 Å². The normalized spacial score (nSPS) is 23.1. The Balaban J connectivity index is 1.79. The number of hydrogen-bond acceptors (Lipinski definition) is 5. The van der Waals surface area contributed by atoms with Crippen molar-refractivity contribution in [1.29, 1.82) is 0 Å². The Kier molecular flexibility index (Phi) is 5.81. The van der Waals surface area contributed by atoms with E-state index in [1.54, 1.807) is 6.07 Å². The van der Waals surface area contributed by atoms with Crippen LogP contribution in [-0.2, 0) is 12.7 Å². The largest absolute Gasteiger partial charge is 0.474 e. The van der Waals surface area contributed by atoms with Gasteiger partial charge in [-0.25, -0.2) is 4.98 Å². The molecular formula is C17H24F3N3O2. The Morgan fingerprint density at radius 3 is 2.68 bits per heavy atom. The maximum atomic E-state index is 13.2. The van der Waals surface area contributed by atoms with E-state index in [1.165, 1.54) is 0 Å². The summed E-state index contributed by atoms with van der Waals surface area (Å²) in [5, 5.41) is 12.6. The van der Waals surface area contributed by atoms with E-state index in [9.17, 15) is 18.3 Å². The van der Waals surface area contributed by atoms with Crippen molar-refractivity contribution in [1.82, 2.24) is 15.2 Å². The van der Waals surface area contributed by atoms with E-state index in [0.29, 0.717) is 12.1 Å². The van der Waals surface area contributed by atoms with Crippen LogP contribution in [-0.4, -0.2) is 53.4 Å². The van der Waals surface area contributed by atoms with Crippen molar-refractivity contribution in [2.24, 2.45) is 0 Å². The second kappa shape index (κ2) is 7.88. The van der Waals surface area contributed by atoms with Gasteiger partial charge in [-0.1, -0.05) is 0 Å². The molecule has 0 bridgehead atoms. The quantitative estimate of drug-likeness (QED) is 0.844. The Labute approximate surface area is 145 Å². The van der Waals surface area contributed by atoms with Gasteiger partial charge in [0.1, 0.15) is 11.8 Å². The highest BCUT2D eigenvalue weighted by Crippen LogP contribution is 2.31. The van der Waals surface area contributed by atoms with Crippen LogP contribution in [0.1, 0.15) is 36.9 Å². The number of halogens is 3. The van der Waals surface area contributed by atoms with Crippen molar-refractivity contribution in [2.45, 2.75) is 50.6 Å². The van der Waals surface area contributed by atoms with Crippen molar-refractivity contribution in [2.75, 3.05) is 26.2 Å². The Hall–Kier alpha value is -1.38. The van der Waals surface area contributed by atoms with Gasteiger partial charge in [-0.3, -0.25) is 4.90 Å². The molecule has 1 aromatic rings. The van der Waals surface area contributed by atoms with E-state index in [1.807, 2.05) is 4.90 Å². The highest BCUT2D eigenvalue weighted by Gasteiger charge is 2.34. The number of aromatic nitrogens is 1. The molecule has 8 heteroatoms. The second-order valence-corrected chi connectivity index (χ2v) is 6.71. The number of piperidine rings is 1. The third-order valence-corrected chi connectivity index (χ3v) is 4.82. The van der Waals surface area contributed by atoms with Crippen LogP contribution in [0.25, 0.3) is 0 Å². The molecule has 0 unspecified atom stereocenters. The van der Waals surface area contributed by atoms with Crippen LogP contribution in [0.2, 0.25) is 0 Å². The first-order chi connectivity index (χ1) is 12.0. The maximum absolute atomic E-state index is 13.2. The highest BCUT2D eigenvalue weighted by atomic mass is 19.4. The lowest BCUT2D eigenvalue weighted by atomic mass is 10.1. The lowest BCUT2D eigenvalue weighted by Gasteiger charge is -2.25. The van der Waals surface area contributed by atoms with Gasteiger partial charge in [0, 0.05) is 18.7 Å². The molecule has 1 aromatic heterocycles. The number of ether oxygens (including phenoxy) is 1. The number of nitrogens with zero attached hydrogens (tertiary/aromatic N) is 2. The van der Waals surface area contributed by atoms with Gasteiger partial charge in [0.25, 0.3) is 0 Å². The maximum Gasteiger partial charge on any atom is 0.433 e. The third-order valence-electron chi connectivity index (χ3n) is 4.82. The van der Waals surface area contributed by atoms with Gasteiger partial charge in [-0.05, 0) is 56.9 Å². The van der Waals surface area contributed by atoms with Crippen LogP contribution in [0.15, 0.2) is 12.1 Å². The molecule has 1 atom stereocenters. The first kappa shape index (κ1) is 18.4. The minimum absolute atomic E-state index is 0.0105. The van der Waals surface area contributed by atoms with Gasteiger partial charge < -0.3 is 15.2 Å². The van der Waals surface area contributed by atoms with Crippen molar-refractivity contribution < 1.29 is 23.0 Å². The standard InChI is InChI=1S/C17H24F3N3O2/c18-17(19,20)15-8-12(10-23-7-1-2-13(23)11-24)9-16(22-15)25-14-3-5-21-6-4-14/h8-9,13-14,21,24H,1-7,10-11H2/t13-/m0/s1. The first-order valence-corrected chi connectivity index (χ1v) is 8.76. The van der Waals surface area contributed by atoms with Crippen molar-refractivity contribution in [3.63, 3.8) is 0 Å². The summed E-state index contributed by atoms with van der Waals surface area (Å²) in [6.07, 6.45) is -1.30. The van der Waals surface area contributed by atoms with Crippen molar-refractivity contribution in [3.05, 3.63) is 23.4 Å². The number of rotatable bonds is 5. The minimum Gasteiger partial charge on any atom is -0.474 e. The van der Waals surface area contributed by atoms with Crippen LogP contribution in [0.5, 0.6) is 5.88 Å². The molecule has 3 rings (SSSR count). The summed E-state index contributed by atoms with van der Waals surface area (Å²) >= 11 is 0. The second-order valence-electron chi connectivity index (χ2n) is 6.71. The summed E-state index contributed by atoms with van der Waals surface area (Å²) in [6.45, 7) is 2.75. The summed E-state index contributed by atoms with van der Waals surface area (Å²) in [7, 11) is 0. The topological polar surface area (TPSA) is 57.6 Å². The van der Waals surface area contributed by atoms with Crippen molar-refractivity contribution >= 4 is 0 Å². The number of aliphatic hydroxyl groups excluding tert-OH is 1. The zero-order chi connectivity index (χ0) is 17.9. The summed E-state index contributed by atoms with van der Waals surface area (Å²) in [5.74, 6) is 0.0384. The monoisotopic (exact) mass is 359 g/mol. The van der Waals surface area contributed by atoms with Gasteiger partial charge in [0.15, 0.2) is 0 Å². The number of aliphatic hydroxyl groups is 1. The molecule has 0 amide bonds. The number of alkyl halides is 3. The Morgan fingerprint density at radius 1 is 1.24 bits per heavy atom. The fraction of sp³-hybridized carbons (Fsp3) is 0.706. The molecular weight excluding hydrogens is 335 g/mol. The van der Waals surface area contributed by atoms with Crippen LogP contribution < -0.4 is 10.1 Å². The number of nitrogens with one attached hydrogen (secondary N) is 1. The van der Waals surface area contributed by atoms with Crippen LogP contribution in [0, 0.1) is 0 Å². The molecule has 0 radical (unpaired) electrons. The van der Waals surface area contributed by atoms with E-state index in [-0.39, 0.29) is 24.6 Å². The fourth-order valence-electron chi connectivity index (χ4n) is 3.48. The van der Waals surface area contributed by atoms with Gasteiger partial charge in [-0.2, -0.15) is 13.2 Å². The SMILES string of the molecule is OC[C@@H]1CCCN1Cc1cc(OC2CCNCC2)nc(C(F)(F)F)c1. The molecule has 2 N–H and O–H groups in total. The minimum atomic E-state index is -4.51. The molecule has 25 heavy (non-hydrogen) atoms. The van der Waals surface area contributed by atoms with Crippen LogP contribution in [0.3, 0.4) is 0 Å². The summed E-state index contributed by atoms with van der Waals surface area (Å²) in [5.41, 5.74) is -0.403. The van der Waals surface area contributed by atoms with Gasteiger partial charge in [-0.15, -0.1) is 0 Å². The van der Waals surface area contributed by atoms with Gasteiger partial charge >= 0.3 is 6.18 Å². The Morgan fingerprint density at radius 2 is 2.00 bits per heavy atom. The molecule has 2 saturated heterocycles. The first-order valence-electron chi connectivity index (χ1n) is 8.76. The summed E-state index contributed by atoms with van der Waals surface area (Å²) < 4.78 is 45.3. The molecule has 0 aromatic carbocycles. The zero-order valence-electron chi connectivity index (χ0n) is 14.1. The molecule has 2 aliphatic heterocycles. The predicted octanol–water partition coefficient (Wildman–Crippen LogP) is 2.19. The Bertz CT molecular complexity index is 577. The van der Waals surface area contributed by atoms with E-state index >= 15 is 0 Å². The molecule has 140 valence electrons. The third kappa shape index (κ3) is 4.83. The highest BCUT2D eigenvalue weighted by molar-refractivity contribution is 5.27. The van der Waals surface area contributed by atoms with Crippen LogP contribution >= 0.6 is 0 Å². The fourth-order valence-corrected chi connectivity index (χ4v) is 3.48. The van der Waals surface area contributed by atoms with Gasteiger partial charge in [0.2, 0.25) is 5.88 Å². The van der Waals surface area contributed by atoms with E-state index in [2.05, 4.69) is 10.3 Å². The predicted molar refractivity (Wildman–Crippen MR) is 86.3 cm³/mol. The molecule has 0 saturated carbocycles. The molecule has 5 nitrogen and oxygen atoms in total. The lowest BCUT2D eigenvalue weighted by Crippen LogP contribution is -2.34. The molecule has 0 aliphatic carbocycles. The lowest BCUT2D eigenvalue weighted by molar-refractivity contribution is -0.141. The summed E-state index contributed by atoms with van der Waals surface area (Å²) in [4.78, 5) is 5.69. The summed E-state index contributed by atoms with van der Waals surface area (Å²) in [6, 6.07) is 2.70.